The number of likely N-dealkylation sites (tertiary alicyclic amines) is 1. The first-order valence-corrected chi connectivity index (χ1v) is 7.17. The van der Waals surface area contributed by atoms with Gasteiger partial charge in [-0.3, -0.25) is 10.1 Å². The molecule has 1 N–H and O–H groups in total. The molecule has 1 saturated heterocycles. The van der Waals surface area contributed by atoms with Gasteiger partial charge in [-0.2, -0.15) is 5.26 Å². The highest BCUT2D eigenvalue weighted by atomic mass is 16.6. The van der Waals surface area contributed by atoms with Crippen molar-refractivity contribution in [2.75, 3.05) is 25.0 Å². The molecule has 0 atom stereocenters. The van der Waals surface area contributed by atoms with Crippen LogP contribution in [0.25, 0.3) is 0 Å². The Hall–Kier alpha value is -2.20. The van der Waals surface area contributed by atoms with Gasteiger partial charge in [-0.1, -0.05) is 6.92 Å². The fourth-order valence-corrected chi connectivity index (χ4v) is 2.56. The van der Waals surface area contributed by atoms with Gasteiger partial charge in [0, 0.05) is 25.2 Å². The van der Waals surface area contributed by atoms with E-state index in [0.29, 0.717) is 5.82 Å². The van der Waals surface area contributed by atoms with Crippen LogP contribution in [0.3, 0.4) is 0 Å². The van der Waals surface area contributed by atoms with Crippen molar-refractivity contribution in [3.8, 4) is 6.07 Å². The van der Waals surface area contributed by atoms with E-state index in [1.165, 1.54) is 12.3 Å². The number of nitrogens with zero attached hydrogens (tertiary/aromatic N) is 4. The second-order valence-corrected chi connectivity index (χ2v) is 5.22. The molecule has 1 aromatic rings. The zero-order chi connectivity index (χ0) is 15.2. The van der Waals surface area contributed by atoms with Crippen LogP contribution in [0.4, 0.5) is 11.5 Å². The molecule has 1 aromatic heterocycles. The topological polar surface area (TPSA) is 95.1 Å². The van der Waals surface area contributed by atoms with E-state index in [-0.39, 0.29) is 17.3 Å². The van der Waals surface area contributed by atoms with E-state index in [1.807, 2.05) is 6.07 Å². The molecule has 2 rings (SSSR count). The fourth-order valence-electron chi connectivity index (χ4n) is 2.56. The first-order valence-electron chi connectivity index (χ1n) is 7.17. The molecule has 0 bridgehead atoms. The summed E-state index contributed by atoms with van der Waals surface area (Å²) in [5.41, 5.74) is 0.0649. The minimum absolute atomic E-state index is 0.158. The molecule has 0 saturated carbocycles. The van der Waals surface area contributed by atoms with Gasteiger partial charge in [0.05, 0.1) is 4.92 Å². The van der Waals surface area contributed by atoms with Crippen molar-refractivity contribution in [2.45, 2.75) is 32.2 Å². The van der Waals surface area contributed by atoms with E-state index in [2.05, 4.69) is 22.1 Å². The van der Waals surface area contributed by atoms with Crippen LogP contribution >= 0.6 is 0 Å². The number of hydrogen-bond donors (Lipinski definition) is 1. The number of pyridine rings is 1. The quantitative estimate of drug-likeness (QED) is 0.659. The maximum atomic E-state index is 10.7. The number of nitro groups is 1. The van der Waals surface area contributed by atoms with Crippen LogP contribution in [-0.2, 0) is 0 Å². The summed E-state index contributed by atoms with van der Waals surface area (Å²) in [4.78, 5) is 16.6. The lowest BCUT2D eigenvalue weighted by atomic mass is 10.0. The molecular formula is C14H19N5O2. The van der Waals surface area contributed by atoms with Crippen LogP contribution < -0.4 is 5.32 Å². The van der Waals surface area contributed by atoms with Crippen molar-refractivity contribution in [1.29, 1.82) is 5.26 Å². The third-order valence-electron chi connectivity index (χ3n) is 3.67. The summed E-state index contributed by atoms with van der Waals surface area (Å²) in [6.07, 6.45) is 4.32. The number of nitrogens with one attached hydrogen (secondary N) is 1. The summed E-state index contributed by atoms with van der Waals surface area (Å²) >= 11 is 0. The van der Waals surface area contributed by atoms with Crippen LogP contribution in [-0.4, -0.2) is 40.5 Å². The lowest BCUT2D eigenvalue weighted by molar-refractivity contribution is -0.385. The second kappa shape index (κ2) is 6.99. The molecular weight excluding hydrogens is 270 g/mol. The summed E-state index contributed by atoms with van der Waals surface area (Å²) in [7, 11) is 0. The van der Waals surface area contributed by atoms with Gasteiger partial charge < -0.3 is 10.2 Å². The van der Waals surface area contributed by atoms with Gasteiger partial charge in [-0.15, -0.1) is 0 Å². The molecule has 0 spiro atoms. The number of rotatable bonds is 5. The molecule has 0 unspecified atom stereocenters. The van der Waals surface area contributed by atoms with Crippen molar-refractivity contribution in [1.82, 2.24) is 9.88 Å². The Morgan fingerprint density at radius 2 is 2.29 bits per heavy atom. The molecule has 21 heavy (non-hydrogen) atoms. The predicted octanol–water partition coefficient (Wildman–Crippen LogP) is 2.15. The largest absolute Gasteiger partial charge is 0.366 e. The van der Waals surface area contributed by atoms with Crippen LogP contribution in [0.2, 0.25) is 0 Å². The van der Waals surface area contributed by atoms with E-state index in [4.69, 9.17) is 5.26 Å². The number of aromatic nitrogens is 1. The monoisotopic (exact) mass is 289 g/mol. The predicted molar refractivity (Wildman–Crippen MR) is 79.0 cm³/mol. The van der Waals surface area contributed by atoms with Crippen LogP contribution in [0, 0.1) is 21.4 Å². The third-order valence-corrected chi connectivity index (χ3v) is 3.67. The summed E-state index contributed by atoms with van der Waals surface area (Å²) in [6, 6.07) is 3.50. The molecule has 112 valence electrons. The van der Waals surface area contributed by atoms with E-state index < -0.39 is 4.92 Å². The van der Waals surface area contributed by atoms with Gasteiger partial charge in [0.15, 0.2) is 0 Å². The van der Waals surface area contributed by atoms with Crippen LogP contribution in [0.15, 0.2) is 12.3 Å². The second-order valence-electron chi connectivity index (χ2n) is 5.22. The Balaban J connectivity index is 2.01. The first-order chi connectivity index (χ1) is 10.1. The normalized spacial score (nSPS) is 16.4. The molecule has 1 aliphatic rings. The van der Waals surface area contributed by atoms with Gasteiger partial charge in [0.1, 0.15) is 23.6 Å². The fraction of sp³-hybridized carbons (Fsp3) is 0.571. The summed E-state index contributed by atoms with van der Waals surface area (Å²) in [5, 5.41) is 23.0. The highest BCUT2D eigenvalue weighted by Gasteiger charge is 2.20. The summed E-state index contributed by atoms with van der Waals surface area (Å²) < 4.78 is 0. The zero-order valence-electron chi connectivity index (χ0n) is 12.1. The molecule has 0 amide bonds. The lowest BCUT2D eigenvalue weighted by Crippen LogP contribution is -2.39. The standard InChI is InChI=1S/C14H19N5O2/c1-2-5-18-6-3-12(4-7-18)17-14-11(9-15)8-13(10-16-14)19(20)21/h8,10,12H,2-7H2,1H3,(H,16,17). The molecule has 2 heterocycles. The third kappa shape index (κ3) is 3.89. The molecule has 1 aliphatic heterocycles. The van der Waals surface area contributed by atoms with Gasteiger partial charge in [-0.25, -0.2) is 4.98 Å². The first kappa shape index (κ1) is 15.2. The Labute approximate surface area is 123 Å². The van der Waals surface area contributed by atoms with Crippen LogP contribution in [0.1, 0.15) is 31.7 Å². The van der Waals surface area contributed by atoms with Gasteiger partial charge in [0.2, 0.25) is 0 Å². The molecule has 0 radical (unpaired) electrons. The zero-order valence-corrected chi connectivity index (χ0v) is 12.1. The number of anilines is 1. The highest BCUT2D eigenvalue weighted by molar-refractivity contribution is 5.56. The van der Waals surface area contributed by atoms with E-state index >= 15 is 0 Å². The Kier molecular flexibility index (Phi) is 5.06. The van der Waals surface area contributed by atoms with Crippen molar-refractivity contribution in [2.24, 2.45) is 0 Å². The van der Waals surface area contributed by atoms with Gasteiger partial charge >= 0.3 is 0 Å². The Bertz CT molecular complexity index is 547. The van der Waals surface area contributed by atoms with Crippen molar-refractivity contribution in [3.05, 3.63) is 27.9 Å². The molecule has 7 nitrogen and oxygen atoms in total. The molecule has 0 aromatic carbocycles. The lowest BCUT2D eigenvalue weighted by Gasteiger charge is -2.32. The van der Waals surface area contributed by atoms with E-state index in [1.54, 1.807) is 0 Å². The van der Waals surface area contributed by atoms with Crippen molar-refractivity contribution < 1.29 is 4.92 Å². The highest BCUT2D eigenvalue weighted by Crippen LogP contribution is 2.21. The average molecular weight is 289 g/mol. The van der Waals surface area contributed by atoms with E-state index in [0.717, 1.165) is 38.9 Å². The van der Waals surface area contributed by atoms with Crippen LogP contribution in [0.5, 0.6) is 0 Å². The van der Waals surface area contributed by atoms with Gasteiger partial charge in [-0.05, 0) is 25.8 Å². The van der Waals surface area contributed by atoms with Crippen molar-refractivity contribution >= 4 is 11.5 Å². The SMILES string of the molecule is CCCN1CCC(Nc2ncc([N+](=O)[O-])cc2C#N)CC1. The molecule has 7 heteroatoms. The minimum atomic E-state index is -0.541. The smallest absolute Gasteiger partial charge is 0.289 e. The molecule has 1 fully saturated rings. The number of piperidine rings is 1. The summed E-state index contributed by atoms with van der Waals surface area (Å²) in [6.45, 7) is 5.34. The minimum Gasteiger partial charge on any atom is -0.366 e. The van der Waals surface area contributed by atoms with Gasteiger partial charge in [0.25, 0.3) is 5.69 Å². The number of nitriles is 1. The summed E-state index contributed by atoms with van der Waals surface area (Å²) in [5.74, 6) is 0.442. The van der Waals surface area contributed by atoms with Crippen molar-refractivity contribution in [3.63, 3.8) is 0 Å². The molecule has 0 aliphatic carbocycles. The Morgan fingerprint density at radius 1 is 1.57 bits per heavy atom. The van der Waals surface area contributed by atoms with E-state index in [9.17, 15) is 10.1 Å². The Morgan fingerprint density at radius 3 is 2.86 bits per heavy atom. The maximum absolute atomic E-state index is 10.7. The average Bonchev–Trinajstić information content (AvgIpc) is 2.49. The maximum Gasteiger partial charge on any atom is 0.289 e. The number of hydrogen-bond acceptors (Lipinski definition) is 6.